The van der Waals surface area contributed by atoms with E-state index in [0.29, 0.717) is 15.9 Å². The molecule has 2 aromatic heterocycles. The Morgan fingerprint density at radius 1 is 1.22 bits per heavy atom. The lowest BCUT2D eigenvalue weighted by molar-refractivity contribution is -0.116. The molecule has 0 saturated carbocycles. The van der Waals surface area contributed by atoms with Crippen molar-refractivity contribution in [2.24, 2.45) is 0 Å². The lowest BCUT2D eigenvalue weighted by Crippen LogP contribution is -2.27. The number of amides is 2. The Kier molecular flexibility index (Phi) is 6.63. The third kappa shape index (κ3) is 5.50. The van der Waals surface area contributed by atoms with Crippen LogP contribution in [0.15, 0.2) is 29.3 Å². The Labute approximate surface area is 188 Å². The van der Waals surface area contributed by atoms with Gasteiger partial charge >= 0.3 is 6.09 Å². The number of aryl methyl sites for hydroxylation is 3. The fourth-order valence-electron chi connectivity index (χ4n) is 2.99. The third-order valence-electron chi connectivity index (χ3n) is 4.62. The summed E-state index contributed by atoms with van der Waals surface area (Å²) < 4.78 is 20.6. The maximum atomic E-state index is 14.0. The first kappa shape index (κ1) is 23.4. The molecule has 0 aliphatic rings. The van der Waals surface area contributed by atoms with Crippen LogP contribution in [-0.4, -0.2) is 27.2 Å². The standard InChI is InChI=1S/C22H25FN4O4S/c1-12-13(2)32-19-18(12)20(29)27(11-24-19)9-8-17(28)25-14-6-7-15(23)16(10-14)26-21(30)31-22(3,4)5/h6-7,10-11H,8-9H2,1-5H3,(H,25,28)(H,26,30). The van der Waals surface area contributed by atoms with Crippen molar-refractivity contribution in [3.8, 4) is 0 Å². The van der Waals surface area contributed by atoms with Crippen molar-refractivity contribution in [1.82, 2.24) is 9.55 Å². The fourth-order valence-corrected chi connectivity index (χ4v) is 3.97. The molecule has 3 aromatic rings. The molecule has 0 saturated heterocycles. The predicted molar refractivity (Wildman–Crippen MR) is 123 cm³/mol. The average Bonchev–Trinajstić information content (AvgIpc) is 2.97. The number of anilines is 2. The molecular formula is C22H25FN4O4S. The Morgan fingerprint density at radius 3 is 2.62 bits per heavy atom. The molecule has 0 unspecified atom stereocenters. The molecule has 32 heavy (non-hydrogen) atoms. The van der Waals surface area contributed by atoms with Crippen molar-refractivity contribution < 1.29 is 18.7 Å². The summed E-state index contributed by atoms with van der Waals surface area (Å²) in [5, 5.41) is 5.55. The number of nitrogens with one attached hydrogen (secondary N) is 2. The van der Waals surface area contributed by atoms with E-state index in [4.69, 9.17) is 4.74 Å². The summed E-state index contributed by atoms with van der Waals surface area (Å²) in [7, 11) is 0. The Bertz CT molecular complexity index is 1240. The molecule has 2 amide bonds. The van der Waals surface area contributed by atoms with Crippen LogP contribution in [0, 0.1) is 19.7 Å². The average molecular weight is 461 g/mol. The van der Waals surface area contributed by atoms with Crippen LogP contribution >= 0.6 is 11.3 Å². The molecule has 0 atom stereocenters. The van der Waals surface area contributed by atoms with E-state index >= 15 is 0 Å². The maximum absolute atomic E-state index is 14.0. The van der Waals surface area contributed by atoms with Crippen molar-refractivity contribution in [3.05, 3.63) is 51.1 Å². The molecule has 10 heteroatoms. The van der Waals surface area contributed by atoms with Gasteiger partial charge < -0.3 is 10.1 Å². The molecule has 170 valence electrons. The minimum absolute atomic E-state index is 0.0153. The Morgan fingerprint density at radius 2 is 1.94 bits per heavy atom. The molecule has 0 fully saturated rings. The summed E-state index contributed by atoms with van der Waals surface area (Å²) in [6.45, 7) is 9.04. The van der Waals surface area contributed by atoms with E-state index < -0.39 is 17.5 Å². The van der Waals surface area contributed by atoms with Crippen LogP contribution < -0.4 is 16.2 Å². The molecule has 0 spiro atoms. The number of rotatable bonds is 5. The van der Waals surface area contributed by atoms with Crippen molar-refractivity contribution in [2.75, 3.05) is 10.6 Å². The highest BCUT2D eigenvalue weighted by Crippen LogP contribution is 2.25. The molecule has 0 aliphatic heterocycles. The van der Waals surface area contributed by atoms with Gasteiger partial charge in [-0.1, -0.05) is 0 Å². The molecule has 3 rings (SSSR count). The predicted octanol–water partition coefficient (Wildman–Crippen LogP) is 4.59. The molecule has 0 bridgehead atoms. The first-order valence-electron chi connectivity index (χ1n) is 9.99. The van der Waals surface area contributed by atoms with Gasteiger partial charge in [-0.15, -0.1) is 11.3 Å². The lowest BCUT2D eigenvalue weighted by Gasteiger charge is -2.20. The second-order valence-corrected chi connectivity index (χ2v) is 9.53. The lowest BCUT2D eigenvalue weighted by atomic mass is 10.2. The normalized spacial score (nSPS) is 11.4. The Hall–Kier alpha value is -3.27. The zero-order valence-electron chi connectivity index (χ0n) is 18.5. The monoisotopic (exact) mass is 460 g/mol. The van der Waals surface area contributed by atoms with E-state index in [2.05, 4.69) is 15.6 Å². The van der Waals surface area contributed by atoms with Crippen LogP contribution in [0.4, 0.5) is 20.6 Å². The van der Waals surface area contributed by atoms with Gasteiger partial charge in [0.2, 0.25) is 5.91 Å². The van der Waals surface area contributed by atoms with E-state index in [0.717, 1.165) is 16.5 Å². The van der Waals surface area contributed by atoms with Crippen LogP contribution in [0.1, 0.15) is 37.6 Å². The topological polar surface area (TPSA) is 102 Å². The highest BCUT2D eigenvalue weighted by atomic mass is 32.1. The number of hydrogen-bond acceptors (Lipinski definition) is 6. The van der Waals surface area contributed by atoms with Crippen molar-refractivity contribution in [1.29, 1.82) is 0 Å². The van der Waals surface area contributed by atoms with Gasteiger partial charge in [-0.05, 0) is 58.4 Å². The number of thiophene rings is 1. The number of nitrogens with zero attached hydrogens (tertiary/aromatic N) is 2. The number of fused-ring (bicyclic) bond motifs is 1. The molecule has 2 heterocycles. The van der Waals surface area contributed by atoms with E-state index in [-0.39, 0.29) is 30.1 Å². The van der Waals surface area contributed by atoms with Gasteiger partial charge in [-0.3, -0.25) is 19.5 Å². The Balaban J connectivity index is 1.66. The second-order valence-electron chi connectivity index (χ2n) is 8.33. The van der Waals surface area contributed by atoms with Crippen LogP contribution in [0.25, 0.3) is 10.2 Å². The first-order valence-corrected chi connectivity index (χ1v) is 10.8. The molecule has 0 aliphatic carbocycles. The zero-order valence-corrected chi connectivity index (χ0v) is 19.4. The minimum Gasteiger partial charge on any atom is -0.444 e. The minimum atomic E-state index is -0.805. The summed E-state index contributed by atoms with van der Waals surface area (Å²) in [6.07, 6.45) is 0.649. The summed E-state index contributed by atoms with van der Waals surface area (Å²) >= 11 is 1.46. The van der Waals surface area contributed by atoms with Gasteiger partial charge in [0.05, 0.1) is 17.4 Å². The van der Waals surface area contributed by atoms with Crippen LogP contribution in [0.2, 0.25) is 0 Å². The maximum Gasteiger partial charge on any atom is 0.412 e. The van der Waals surface area contributed by atoms with Gasteiger partial charge in [0.25, 0.3) is 5.56 Å². The fraction of sp³-hybridized carbons (Fsp3) is 0.364. The van der Waals surface area contributed by atoms with E-state index in [1.807, 2.05) is 13.8 Å². The molecule has 1 aromatic carbocycles. The number of halogens is 1. The third-order valence-corrected chi connectivity index (χ3v) is 5.74. The van der Waals surface area contributed by atoms with Gasteiger partial charge in [0, 0.05) is 23.5 Å². The van der Waals surface area contributed by atoms with Crippen molar-refractivity contribution >= 4 is 44.9 Å². The zero-order chi connectivity index (χ0) is 23.6. The quantitative estimate of drug-likeness (QED) is 0.580. The van der Waals surface area contributed by atoms with Gasteiger partial charge in [-0.25, -0.2) is 14.2 Å². The summed E-state index contributed by atoms with van der Waals surface area (Å²) in [4.78, 5) is 43.0. The summed E-state index contributed by atoms with van der Waals surface area (Å²) in [5.41, 5.74) is 0.162. The molecule has 8 nitrogen and oxygen atoms in total. The van der Waals surface area contributed by atoms with Crippen molar-refractivity contribution in [3.63, 3.8) is 0 Å². The highest BCUT2D eigenvalue weighted by Gasteiger charge is 2.18. The number of hydrogen-bond donors (Lipinski definition) is 2. The van der Waals surface area contributed by atoms with E-state index in [1.165, 1.54) is 34.4 Å². The van der Waals surface area contributed by atoms with Crippen LogP contribution in [0.3, 0.4) is 0 Å². The molecular weight excluding hydrogens is 435 g/mol. The van der Waals surface area contributed by atoms with E-state index in [1.54, 1.807) is 20.8 Å². The van der Waals surface area contributed by atoms with Crippen LogP contribution in [0.5, 0.6) is 0 Å². The van der Waals surface area contributed by atoms with Gasteiger partial charge in [0.1, 0.15) is 16.2 Å². The number of carbonyl (C=O) groups is 2. The number of carbonyl (C=O) groups excluding carboxylic acids is 2. The summed E-state index contributed by atoms with van der Waals surface area (Å²) in [5.74, 6) is -1.04. The first-order chi connectivity index (χ1) is 14.9. The molecule has 0 radical (unpaired) electrons. The van der Waals surface area contributed by atoms with Gasteiger partial charge in [0.15, 0.2) is 0 Å². The second kappa shape index (κ2) is 9.07. The van der Waals surface area contributed by atoms with E-state index in [9.17, 15) is 18.8 Å². The number of ether oxygens (including phenoxy) is 1. The molecule has 2 N–H and O–H groups in total. The SMILES string of the molecule is Cc1sc2ncn(CCC(=O)Nc3ccc(F)c(NC(=O)OC(C)(C)C)c3)c(=O)c2c1C. The number of benzene rings is 1. The highest BCUT2D eigenvalue weighted by molar-refractivity contribution is 7.18. The smallest absolute Gasteiger partial charge is 0.412 e. The summed E-state index contributed by atoms with van der Waals surface area (Å²) in [6, 6.07) is 3.81. The van der Waals surface area contributed by atoms with Crippen LogP contribution in [-0.2, 0) is 16.1 Å². The van der Waals surface area contributed by atoms with Crippen molar-refractivity contribution in [2.45, 2.75) is 53.2 Å². The van der Waals surface area contributed by atoms with Gasteiger partial charge in [-0.2, -0.15) is 0 Å². The largest absolute Gasteiger partial charge is 0.444 e. The number of aromatic nitrogens is 2.